The van der Waals surface area contributed by atoms with E-state index in [0.29, 0.717) is 17.2 Å². The van der Waals surface area contributed by atoms with Gasteiger partial charge in [0.2, 0.25) is 11.9 Å². The molecule has 7 heteroatoms. The highest BCUT2D eigenvalue weighted by Gasteiger charge is 2.32. The van der Waals surface area contributed by atoms with Gasteiger partial charge < -0.3 is 4.90 Å². The lowest BCUT2D eigenvalue weighted by Gasteiger charge is -2.34. The van der Waals surface area contributed by atoms with Gasteiger partial charge >= 0.3 is 0 Å². The Morgan fingerprint density at radius 2 is 1.85 bits per heavy atom. The number of hydrogen-bond donors (Lipinski definition) is 0. The Morgan fingerprint density at radius 1 is 1.12 bits per heavy atom. The molecule has 0 atom stereocenters. The van der Waals surface area contributed by atoms with Gasteiger partial charge in [0.15, 0.2) is 0 Å². The van der Waals surface area contributed by atoms with Crippen LogP contribution in [0.25, 0.3) is 0 Å². The van der Waals surface area contributed by atoms with Crippen molar-refractivity contribution in [3.63, 3.8) is 0 Å². The SMILES string of the molecule is CC(=O)N1Cc2nc(N3CCN(Cc4ccccc4)CC3)ncc2C1=O. The number of rotatable bonds is 3. The molecule has 26 heavy (non-hydrogen) atoms. The van der Waals surface area contributed by atoms with Gasteiger partial charge in [-0.25, -0.2) is 9.97 Å². The van der Waals surface area contributed by atoms with E-state index in [1.165, 1.54) is 17.4 Å². The molecule has 0 N–H and O–H groups in total. The van der Waals surface area contributed by atoms with Crippen LogP contribution in [0.4, 0.5) is 5.95 Å². The molecule has 4 rings (SSSR count). The molecule has 2 aromatic rings. The van der Waals surface area contributed by atoms with E-state index in [2.05, 4.69) is 44.0 Å². The molecule has 1 aromatic heterocycles. The van der Waals surface area contributed by atoms with Crippen molar-refractivity contribution in [2.45, 2.75) is 20.0 Å². The maximum absolute atomic E-state index is 12.1. The molecular weight excluding hydrogens is 330 g/mol. The zero-order valence-electron chi connectivity index (χ0n) is 14.8. The first kappa shape index (κ1) is 16.7. The van der Waals surface area contributed by atoms with Crippen LogP contribution < -0.4 is 4.90 Å². The molecule has 3 heterocycles. The topological polar surface area (TPSA) is 69.6 Å². The molecule has 1 fully saturated rings. The Hall–Kier alpha value is -2.80. The molecule has 7 nitrogen and oxygen atoms in total. The Bertz CT molecular complexity index is 831. The third kappa shape index (κ3) is 3.17. The van der Waals surface area contributed by atoms with E-state index < -0.39 is 0 Å². The molecule has 0 unspecified atom stereocenters. The zero-order valence-corrected chi connectivity index (χ0v) is 14.8. The highest BCUT2D eigenvalue weighted by molar-refractivity contribution is 6.06. The fraction of sp³-hybridized carbons (Fsp3) is 0.368. The molecule has 2 amide bonds. The summed E-state index contributed by atoms with van der Waals surface area (Å²) < 4.78 is 0. The Balaban J connectivity index is 1.41. The fourth-order valence-corrected chi connectivity index (χ4v) is 3.43. The van der Waals surface area contributed by atoms with E-state index in [4.69, 9.17) is 0 Å². The normalized spacial score (nSPS) is 17.5. The van der Waals surface area contributed by atoms with E-state index in [1.54, 1.807) is 6.20 Å². The van der Waals surface area contributed by atoms with Gasteiger partial charge in [0.25, 0.3) is 5.91 Å². The second-order valence-electron chi connectivity index (χ2n) is 6.69. The number of imide groups is 1. The number of hydrogen-bond acceptors (Lipinski definition) is 6. The van der Waals surface area contributed by atoms with Crippen LogP contribution in [-0.4, -0.2) is 57.8 Å². The van der Waals surface area contributed by atoms with Crippen LogP contribution in [-0.2, 0) is 17.9 Å². The van der Waals surface area contributed by atoms with E-state index in [0.717, 1.165) is 32.7 Å². The Morgan fingerprint density at radius 3 is 2.54 bits per heavy atom. The summed E-state index contributed by atoms with van der Waals surface area (Å²) in [6.07, 6.45) is 1.55. The van der Waals surface area contributed by atoms with Crippen LogP contribution in [0.15, 0.2) is 36.5 Å². The Labute approximate surface area is 152 Å². The molecule has 2 aliphatic rings. The second kappa shape index (κ2) is 6.84. The maximum atomic E-state index is 12.1. The van der Waals surface area contributed by atoms with Gasteiger partial charge in [-0.2, -0.15) is 0 Å². The third-order valence-electron chi connectivity index (χ3n) is 4.92. The zero-order chi connectivity index (χ0) is 18.1. The van der Waals surface area contributed by atoms with E-state index >= 15 is 0 Å². The first-order valence-electron chi connectivity index (χ1n) is 8.81. The predicted molar refractivity (Wildman–Crippen MR) is 96.5 cm³/mol. The van der Waals surface area contributed by atoms with Gasteiger partial charge in [-0.05, 0) is 5.56 Å². The third-order valence-corrected chi connectivity index (χ3v) is 4.92. The van der Waals surface area contributed by atoms with Crippen molar-refractivity contribution in [2.24, 2.45) is 0 Å². The van der Waals surface area contributed by atoms with Crippen LogP contribution in [0.2, 0.25) is 0 Å². The van der Waals surface area contributed by atoms with Crippen LogP contribution in [0.3, 0.4) is 0 Å². The van der Waals surface area contributed by atoms with Crippen molar-refractivity contribution in [2.75, 3.05) is 31.1 Å². The van der Waals surface area contributed by atoms with Crippen molar-refractivity contribution in [1.82, 2.24) is 19.8 Å². The second-order valence-corrected chi connectivity index (χ2v) is 6.69. The lowest BCUT2D eigenvalue weighted by atomic mass is 10.2. The van der Waals surface area contributed by atoms with Crippen molar-refractivity contribution in [1.29, 1.82) is 0 Å². The minimum Gasteiger partial charge on any atom is -0.338 e. The lowest BCUT2D eigenvalue weighted by Crippen LogP contribution is -2.46. The largest absolute Gasteiger partial charge is 0.338 e. The van der Waals surface area contributed by atoms with Gasteiger partial charge in [-0.15, -0.1) is 0 Å². The average Bonchev–Trinajstić information content (AvgIpc) is 3.00. The number of anilines is 1. The summed E-state index contributed by atoms with van der Waals surface area (Å²) in [7, 11) is 0. The molecule has 0 aliphatic carbocycles. The summed E-state index contributed by atoms with van der Waals surface area (Å²) >= 11 is 0. The minimum atomic E-state index is -0.299. The summed E-state index contributed by atoms with van der Waals surface area (Å²) in [5, 5.41) is 0. The van der Waals surface area contributed by atoms with Gasteiger partial charge in [0, 0.05) is 45.8 Å². The first-order chi connectivity index (χ1) is 12.6. The summed E-state index contributed by atoms with van der Waals surface area (Å²) in [6, 6.07) is 10.5. The van der Waals surface area contributed by atoms with Crippen LogP contribution in [0.1, 0.15) is 28.5 Å². The number of benzene rings is 1. The van der Waals surface area contributed by atoms with Crippen LogP contribution in [0.5, 0.6) is 0 Å². The molecule has 0 spiro atoms. The standard InChI is InChI=1S/C19H21N5O2/c1-14(25)24-13-17-16(18(24)26)11-20-19(21-17)23-9-7-22(8-10-23)12-15-5-3-2-4-6-15/h2-6,11H,7-10,12-13H2,1H3. The van der Waals surface area contributed by atoms with E-state index in [-0.39, 0.29) is 18.4 Å². The molecule has 134 valence electrons. The number of carbonyl (C=O) groups excluding carboxylic acids is 2. The number of fused-ring (bicyclic) bond motifs is 1. The highest BCUT2D eigenvalue weighted by atomic mass is 16.2. The number of aromatic nitrogens is 2. The molecule has 0 bridgehead atoms. The van der Waals surface area contributed by atoms with E-state index in [9.17, 15) is 9.59 Å². The van der Waals surface area contributed by atoms with Crippen LogP contribution in [0, 0.1) is 0 Å². The highest BCUT2D eigenvalue weighted by Crippen LogP contribution is 2.23. The molecule has 0 radical (unpaired) electrons. The predicted octanol–water partition coefficient (Wildman–Crippen LogP) is 1.30. The van der Waals surface area contributed by atoms with E-state index in [1.807, 2.05) is 6.07 Å². The first-order valence-corrected chi connectivity index (χ1v) is 8.81. The van der Waals surface area contributed by atoms with Crippen molar-refractivity contribution < 1.29 is 9.59 Å². The van der Waals surface area contributed by atoms with Crippen LogP contribution >= 0.6 is 0 Å². The van der Waals surface area contributed by atoms with Crippen molar-refractivity contribution >= 4 is 17.8 Å². The summed E-state index contributed by atoms with van der Waals surface area (Å²) in [4.78, 5) is 38.4. The lowest BCUT2D eigenvalue weighted by molar-refractivity contribution is -0.126. The molecule has 0 saturated carbocycles. The fourth-order valence-electron chi connectivity index (χ4n) is 3.43. The number of carbonyl (C=O) groups is 2. The minimum absolute atomic E-state index is 0.243. The van der Waals surface area contributed by atoms with Crippen molar-refractivity contribution in [3.05, 3.63) is 53.3 Å². The number of piperazine rings is 1. The maximum Gasteiger partial charge on any atom is 0.264 e. The van der Waals surface area contributed by atoms with Crippen molar-refractivity contribution in [3.8, 4) is 0 Å². The quantitative estimate of drug-likeness (QED) is 0.830. The van der Waals surface area contributed by atoms with Gasteiger partial charge in [-0.3, -0.25) is 19.4 Å². The monoisotopic (exact) mass is 351 g/mol. The summed E-state index contributed by atoms with van der Waals surface area (Å²) in [5.41, 5.74) is 2.39. The summed E-state index contributed by atoms with van der Waals surface area (Å²) in [5.74, 6) is 0.0807. The molecular formula is C19H21N5O2. The van der Waals surface area contributed by atoms with Gasteiger partial charge in [0.05, 0.1) is 17.8 Å². The molecule has 2 aliphatic heterocycles. The molecule has 1 saturated heterocycles. The average molecular weight is 351 g/mol. The van der Waals surface area contributed by atoms with Gasteiger partial charge in [-0.1, -0.05) is 30.3 Å². The number of amides is 2. The Kier molecular flexibility index (Phi) is 4.38. The number of nitrogens with zero attached hydrogens (tertiary/aromatic N) is 5. The van der Waals surface area contributed by atoms with Gasteiger partial charge in [0.1, 0.15) is 0 Å². The smallest absolute Gasteiger partial charge is 0.264 e. The molecule has 1 aromatic carbocycles. The summed E-state index contributed by atoms with van der Waals surface area (Å²) in [6.45, 7) is 6.15.